The molecule has 0 aromatic carbocycles. The zero-order chi connectivity index (χ0) is 19.5. The number of hydrogen-bond donors (Lipinski definition) is 2. The average Bonchev–Trinajstić information content (AvgIpc) is 2.71. The summed E-state index contributed by atoms with van der Waals surface area (Å²) in [5, 5.41) is 6.20. The smallest absolute Gasteiger partial charge is 0.220 e. The van der Waals surface area contributed by atoms with E-state index in [1.807, 2.05) is 0 Å². The van der Waals surface area contributed by atoms with Gasteiger partial charge in [0.2, 0.25) is 5.91 Å². The monoisotopic (exact) mass is 509 g/mol. The number of aliphatic imine (C=N–C) groups is 1. The lowest BCUT2D eigenvalue weighted by Gasteiger charge is -2.35. The van der Waals surface area contributed by atoms with Gasteiger partial charge < -0.3 is 25.2 Å². The van der Waals surface area contributed by atoms with Crippen LogP contribution in [0.2, 0.25) is 0 Å². The van der Waals surface area contributed by atoms with Crippen LogP contribution < -0.4 is 10.6 Å². The second-order valence-electron chi connectivity index (χ2n) is 7.78. The van der Waals surface area contributed by atoms with Crippen LogP contribution in [0.3, 0.4) is 0 Å². The van der Waals surface area contributed by atoms with Crippen LogP contribution in [0.25, 0.3) is 0 Å². The maximum Gasteiger partial charge on any atom is 0.220 e. The summed E-state index contributed by atoms with van der Waals surface area (Å²) in [5.41, 5.74) is 0. The quantitative estimate of drug-likeness (QED) is 0.297. The summed E-state index contributed by atoms with van der Waals surface area (Å²) in [5.74, 6) is 2.40. The first-order valence-electron chi connectivity index (χ1n) is 10.6. The molecule has 0 spiro atoms. The summed E-state index contributed by atoms with van der Waals surface area (Å²) in [6.07, 6.45) is 5.23. The lowest BCUT2D eigenvalue weighted by atomic mass is 9.93. The van der Waals surface area contributed by atoms with E-state index in [2.05, 4.69) is 27.4 Å². The number of guanidine groups is 1. The molecule has 2 heterocycles. The summed E-state index contributed by atoms with van der Waals surface area (Å²) in [7, 11) is 3.49. The SMILES string of the molecule is CCNC(=NCC1CCN(CCOC)CC1)N1CCC(CC(=O)NC)CC1.I. The van der Waals surface area contributed by atoms with Crippen LogP contribution >= 0.6 is 24.0 Å². The van der Waals surface area contributed by atoms with Crippen molar-refractivity contribution in [3.05, 3.63) is 0 Å². The lowest BCUT2D eigenvalue weighted by molar-refractivity contribution is -0.121. The van der Waals surface area contributed by atoms with Crippen molar-refractivity contribution in [1.82, 2.24) is 20.4 Å². The first-order valence-corrected chi connectivity index (χ1v) is 10.6. The van der Waals surface area contributed by atoms with E-state index in [4.69, 9.17) is 9.73 Å². The van der Waals surface area contributed by atoms with Gasteiger partial charge in [0.15, 0.2) is 5.96 Å². The third kappa shape index (κ3) is 8.82. The fourth-order valence-corrected chi connectivity index (χ4v) is 3.97. The van der Waals surface area contributed by atoms with Crippen molar-refractivity contribution < 1.29 is 9.53 Å². The Balaban J connectivity index is 0.00000392. The van der Waals surface area contributed by atoms with Crippen LogP contribution in [0.15, 0.2) is 4.99 Å². The normalized spacial score (nSPS) is 20.0. The molecule has 2 saturated heterocycles. The second kappa shape index (κ2) is 14.4. The lowest BCUT2D eigenvalue weighted by Crippen LogP contribution is -2.46. The molecule has 2 aliphatic rings. The Morgan fingerprint density at radius 2 is 1.75 bits per heavy atom. The fraction of sp³-hybridized carbons (Fsp3) is 0.900. The van der Waals surface area contributed by atoms with Gasteiger partial charge >= 0.3 is 0 Å². The zero-order valence-electron chi connectivity index (χ0n) is 17.9. The predicted octanol–water partition coefficient (Wildman–Crippen LogP) is 1.78. The maximum atomic E-state index is 11.6. The number of carbonyl (C=O) groups is 1. The highest BCUT2D eigenvalue weighted by Crippen LogP contribution is 2.21. The van der Waals surface area contributed by atoms with E-state index in [-0.39, 0.29) is 29.9 Å². The highest BCUT2D eigenvalue weighted by Gasteiger charge is 2.24. The van der Waals surface area contributed by atoms with Crippen molar-refractivity contribution in [2.45, 2.75) is 39.0 Å². The molecule has 2 rings (SSSR count). The van der Waals surface area contributed by atoms with Crippen LogP contribution in [0.1, 0.15) is 39.0 Å². The van der Waals surface area contributed by atoms with E-state index in [0.717, 1.165) is 71.2 Å². The highest BCUT2D eigenvalue weighted by molar-refractivity contribution is 14.0. The molecule has 0 atom stereocenters. The van der Waals surface area contributed by atoms with E-state index in [0.29, 0.717) is 18.3 Å². The van der Waals surface area contributed by atoms with Crippen molar-refractivity contribution in [1.29, 1.82) is 0 Å². The van der Waals surface area contributed by atoms with E-state index in [9.17, 15) is 4.79 Å². The predicted molar refractivity (Wildman–Crippen MR) is 125 cm³/mol. The molecule has 8 heteroatoms. The summed E-state index contributed by atoms with van der Waals surface area (Å²) >= 11 is 0. The number of carbonyl (C=O) groups excluding carboxylic acids is 1. The summed E-state index contributed by atoms with van der Waals surface area (Å²) in [6.45, 7) is 10.1. The molecule has 0 unspecified atom stereocenters. The Bertz CT molecular complexity index is 462. The number of ether oxygens (including phenoxy) is 1. The largest absolute Gasteiger partial charge is 0.383 e. The number of methoxy groups -OCH3 is 1. The molecule has 164 valence electrons. The molecular weight excluding hydrogens is 469 g/mol. The van der Waals surface area contributed by atoms with Gasteiger partial charge in [-0.15, -0.1) is 24.0 Å². The van der Waals surface area contributed by atoms with E-state index < -0.39 is 0 Å². The molecular formula is C20H40IN5O2. The number of halogens is 1. The molecule has 0 bridgehead atoms. The molecule has 0 aromatic rings. The van der Waals surface area contributed by atoms with Gasteiger partial charge in [0.05, 0.1) is 6.61 Å². The number of hydrogen-bond acceptors (Lipinski definition) is 4. The molecule has 28 heavy (non-hydrogen) atoms. The van der Waals surface area contributed by atoms with E-state index >= 15 is 0 Å². The minimum Gasteiger partial charge on any atom is -0.383 e. The van der Waals surface area contributed by atoms with Crippen molar-refractivity contribution in [2.75, 3.05) is 66.6 Å². The fourth-order valence-electron chi connectivity index (χ4n) is 3.97. The van der Waals surface area contributed by atoms with Crippen molar-refractivity contribution in [2.24, 2.45) is 16.8 Å². The molecule has 0 radical (unpaired) electrons. The number of likely N-dealkylation sites (tertiary alicyclic amines) is 2. The number of piperidine rings is 2. The zero-order valence-corrected chi connectivity index (χ0v) is 20.2. The van der Waals surface area contributed by atoms with Crippen molar-refractivity contribution in [3.63, 3.8) is 0 Å². The van der Waals surface area contributed by atoms with Crippen LogP contribution in [0, 0.1) is 11.8 Å². The van der Waals surface area contributed by atoms with Crippen LogP contribution in [0.5, 0.6) is 0 Å². The van der Waals surface area contributed by atoms with Crippen LogP contribution in [-0.2, 0) is 9.53 Å². The molecule has 0 aliphatic carbocycles. The number of amides is 1. The molecule has 1 amide bonds. The van der Waals surface area contributed by atoms with E-state index in [1.54, 1.807) is 14.2 Å². The Labute approximate surface area is 188 Å². The van der Waals surface area contributed by atoms with Gasteiger partial charge in [-0.2, -0.15) is 0 Å². The van der Waals surface area contributed by atoms with Gasteiger partial charge in [0.1, 0.15) is 0 Å². The number of rotatable bonds is 8. The third-order valence-corrected chi connectivity index (χ3v) is 5.82. The maximum absolute atomic E-state index is 11.6. The van der Waals surface area contributed by atoms with Gasteiger partial charge in [0, 0.05) is 53.3 Å². The van der Waals surface area contributed by atoms with Gasteiger partial charge in [-0.3, -0.25) is 9.79 Å². The Hall–Kier alpha value is -0.610. The number of nitrogens with zero attached hydrogens (tertiary/aromatic N) is 3. The van der Waals surface area contributed by atoms with Gasteiger partial charge in [-0.05, 0) is 57.5 Å². The van der Waals surface area contributed by atoms with Crippen LogP contribution in [0.4, 0.5) is 0 Å². The average molecular weight is 509 g/mol. The highest BCUT2D eigenvalue weighted by atomic mass is 127. The van der Waals surface area contributed by atoms with Gasteiger partial charge in [-0.1, -0.05) is 0 Å². The molecule has 2 N–H and O–H groups in total. The second-order valence-corrected chi connectivity index (χ2v) is 7.78. The number of nitrogens with one attached hydrogen (secondary N) is 2. The van der Waals surface area contributed by atoms with Crippen molar-refractivity contribution in [3.8, 4) is 0 Å². The minimum atomic E-state index is 0. The minimum absolute atomic E-state index is 0. The van der Waals surface area contributed by atoms with Crippen LogP contribution in [-0.4, -0.2) is 88.2 Å². The first kappa shape index (κ1) is 25.4. The molecule has 7 nitrogen and oxygen atoms in total. The molecule has 0 aromatic heterocycles. The summed E-state index contributed by atoms with van der Waals surface area (Å²) in [4.78, 5) is 21.4. The third-order valence-electron chi connectivity index (χ3n) is 5.82. The topological polar surface area (TPSA) is 69.2 Å². The Kier molecular flexibility index (Phi) is 13.1. The Morgan fingerprint density at radius 1 is 1.11 bits per heavy atom. The summed E-state index contributed by atoms with van der Waals surface area (Å²) < 4.78 is 5.18. The first-order chi connectivity index (χ1) is 13.2. The molecule has 2 fully saturated rings. The molecule has 2 aliphatic heterocycles. The van der Waals surface area contributed by atoms with Crippen molar-refractivity contribution >= 4 is 35.8 Å². The summed E-state index contributed by atoms with van der Waals surface area (Å²) in [6, 6.07) is 0. The van der Waals surface area contributed by atoms with E-state index in [1.165, 1.54) is 12.8 Å². The van der Waals surface area contributed by atoms with Gasteiger partial charge in [-0.25, -0.2) is 0 Å². The molecule has 0 saturated carbocycles. The standard InChI is InChI=1S/C20H39N5O2.HI/c1-4-22-20(25-11-7-17(8-12-25)15-19(26)21-2)23-16-18-5-9-24(10-6-18)13-14-27-3;/h17-18H,4-16H2,1-3H3,(H,21,26)(H,22,23);1H. The van der Waals surface area contributed by atoms with Gasteiger partial charge in [0.25, 0.3) is 0 Å². The Morgan fingerprint density at radius 3 is 2.32 bits per heavy atom.